The van der Waals surface area contributed by atoms with E-state index >= 15 is 0 Å². The molecule has 3 aromatic heterocycles. The SMILES string of the molecule is CCNC(=O)Nc1ncnc2c1ncn2C1CC(CCCc2n[nH]nc2C(=O)O)C2O[C@H](C=Cc3ccccc3)OC21. The van der Waals surface area contributed by atoms with Gasteiger partial charge in [0.15, 0.2) is 29.0 Å². The smallest absolute Gasteiger partial charge is 0.358 e. The second-order valence-electron chi connectivity index (χ2n) is 10.2. The highest BCUT2D eigenvalue weighted by Gasteiger charge is 2.51. The molecular weight excluding hydrogens is 542 g/mol. The Morgan fingerprint density at radius 2 is 1.98 bits per heavy atom. The largest absolute Gasteiger partial charge is 0.476 e. The fraction of sp³-hybridized carbons (Fsp3) is 0.393. The summed E-state index contributed by atoms with van der Waals surface area (Å²) in [7, 11) is 0. The Morgan fingerprint density at radius 3 is 2.79 bits per heavy atom. The van der Waals surface area contributed by atoms with Gasteiger partial charge >= 0.3 is 12.0 Å². The second kappa shape index (κ2) is 12.0. The van der Waals surface area contributed by atoms with Gasteiger partial charge in [-0.1, -0.05) is 36.4 Å². The summed E-state index contributed by atoms with van der Waals surface area (Å²) >= 11 is 0. The molecule has 218 valence electrons. The zero-order chi connectivity index (χ0) is 29.1. The van der Waals surface area contributed by atoms with Crippen LogP contribution in [0.4, 0.5) is 10.6 Å². The number of nitrogens with one attached hydrogen (secondary N) is 3. The number of rotatable bonds is 10. The number of carboxylic acid groups (broad SMARTS) is 1. The number of aromatic amines is 1. The molecule has 4 unspecified atom stereocenters. The number of aromatic carboxylic acids is 1. The minimum atomic E-state index is -1.10. The van der Waals surface area contributed by atoms with Gasteiger partial charge in [-0.25, -0.2) is 24.5 Å². The number of carbonyl (C=O) groups excluding carboxylic acids is 1. The minimum absolute atomic E-state index is 0.0506. The number of hydrogen-bond acceptors (Lipinski definition) is 9. The van der Waals surface area contributed by atoms with Crippen LogP contribution in [0.25, 0.3) is 17.2 Å². The molecule has 0 radical (unpaired) electrons. The van der Waals surface area contributed by atoms with E-state index < -0.39 is 12.3 Å². The molecule has 1 aliphatic heterocycles. The molecule has 14 nitrogen and oxygen atoms in total. The standard InChI is InChI=1S/C28H31N9O5/c1-2-29-28(40)33-25-22-26(31-14-30-25)37(15-32-22)19-13-17(9-6-10-18-21(27(38)39)35-36-34-18)23-24(19)42-20(41-23)12-11-16-7-4-3-5-8-16/h3-5,7-8,11-12,14-15,17,19-20,23-24H,2,6,9-10,13H2,1H3,(H,38,39)(H,34,35,36)(H2,29,30,31,33,40)/t17?,19?,20-,23?,24?/m0/s1. The van der Waals surface area contributed by atoms with Gasteiger partial charge in [0.25, 0.3) is 0 Å². The zero-order valence-electron chi connectivity index (χ0n) is 22.9. The van der Waals surface area contributed by atoms with Crippen LogP contribution in [0.1, 0.15) is 54.0 Å². The maximum atomic E-state index is 12.2. The van der Waals surface area contributed by atoms with E-state index in [4.69, 9.17) is 9.47 Å². The number of fused-ring (bicyclic) bond motifs is 2. The average Bonchev–Trinajstić information content (AvgIpc) is 3.77. The normalized spacial score (nSPS) is 23.4. The van der Waals surface area contributed by atoms with Crippen molar-refractivity contribution in [3.63, 3.8) is 0 Å². The molecule has 14 heteroatoms. The third-order valence-corrected chi connectivity index (χ3v) is 7.64. The van der Waals surface area contributed by atoms with Crippen molar-refractivity contribution >= 4 is 35.1 Å². The molecule has 4 N–H and O–H groups in total. The van der Waals surface area contributed by atoms with Crippen LogP contribution in [0.2, 0.25) is 0 Å². The van der Waals surface area contributed by atoms with Gasteiger partial charge in [0.1, 0.15) is 12.4 Å². The van der Waals surface area contributed by atoms with Crippen molar-refractivity contribution in [1.29, 1.82) is 0 Å². The van der Waals surface area contributed by atoms with E-state index in [0.29, 0.717) is 42.1 Å². The first-order valence-electron chi connectivity index (χ1n) is 13.9. The van der Waals surface area contributed by atoms with Gasteiger partial charge in [0.05, 0.1) is 24.2 Å². The molecule has 2 amide bonds. The quantitative estimate of drug-likeness (QED) is 0.220. The summed E-state index contributed by atoms with van der Waals surface area (Å²) in [5.41, 5.74) is 2.49. The molecule has 4 heterocycles. The lowest BCUT2D eigenvalue weighted by molar-refractivity contribution is -0.0507. The van der Waals surface area contributed by atoms with Gasteiger partial charge in [-0.05, 0) is 50.2 Å². The number of nitrogens with zero attached hydrogens (tertiary/aromatic N) is 6. The van der Waals surface area contributed by atoms with Crippen LogP contribution in [0, 0.1) is 5.92 Å². The third-order valence-electron chi connectivity index (χ3n) is 7.64. The second-order valence-corrected chi connectivity index (χ2v) is 10.2. The molecule has 2 fully saturated rings. The van der Waals surface area contributed by atoms with Gasteiger partial charge in [0, 0.05) is 6.54 Å². The fourth-order valence-electron chi connectivity index (χ4n) is 5.79. The summed E-state index contributed by atoms with van der Waals surface area (Å²) in [5, 5.41) is 25.0. The van der Waals surface area contributed by atoms with Crippen LogP contribution in [0.15, 0.2) is 49.1 Å². The average molecular weight is 574 g/mol. The van der Waals surface area contributed by atoms with Gasteiger partial charge in [-0.15, -0.1) is 5.10 Å². The Hall–Kier alpha value is -4.69. The third kappa shape index (κ3) is 5.58. The van der Waals surface area contributed by atoms with E-state index in [1.807, 2.05) is 54.0 Å². The lowest BCUT2D eigenvalue weighted by Crippen LogP contribution is -2.28. The predicted molar refractivity (Wildman–Crippen MR) is 150 cm³/mol. The molecule has 1 saturated heterocycles. The number of urea groups is 1. The Balaban J connectivity index is 1.23. The summed E-state index contributed by atoms with van der Waals surface area (Å²) in [6, 6.07) is 9.44. The summed E-state index contributed by atoms with van der Waals surface area (Å²) in [4.78, 5) is 36.8. The van der Waals surface area contributed by atoms with Gasteiger partial charge in [-0.2, -0.15) is 10.3 Å². The van der Waals surface area contributed by atoms with Crippen LogP contribution in [0.3, 0.4) is 0 Å². The van der Waals surface area contributed by atoms with Crippen LogP contribution in [-0.2, 0) is 15.9 Å². The summed E-state index contributed by atoms with van der Waals surface area (Å²) in [6.45, 7) is 2.31. The fourth-order valence-corrected chi connectivity index (χ4v) is 5.79. The molecule has 5 atom stereocenters. The van der Waals surface area contributed by atoms with E-state index in [1.54, 1.807) is 6.33 Å². The first kappa shape index (κ1) is 27.5. The molecule has 6 rings (SSSR count). The van der Waals surface area contributed by atoms with Crippen molar-refractivity contribution in [2.45, 2.75) is 57.1 Å². The first-order chi connectivity index (χ1) is 20.5. The summed E-state index contributed by atoms with van der Waals surface area (Å²) < 4.78 is 14.9. The molecule has 1 aromatic carbocycles. The van der Waals surface area contributed by atoms with Crippen molar-refractivity contribution in [2.75, 3.05) is 11.9 Å². The number of H-pyrrole nitrogens is 1. The lowest BCUT2D eigenvalue weighted by Gasteiger charge is -2.19. The number of hydrogen-bond donors (Lipinski definition) is 4. The zero-order valence-corrected chi connectivity index (χ0v) is 22.9. The van der Waals surface area contributed by atoms with Gasteiger partial charge < -0.3 is 24.5 Å². The summed E-state index contributed by atoms with van der Waals surface area (Å²) in [5.74, 6) is -0.650. The number of carboxylic acids is 1. The Kier molecular flexibility index (Phi) is 7.88. The number of aryl methyl sites for hydroxylation is 1. The molecule has 4 aromatic rings. The molecular formula is C28H31N9O5. The highest BCUT2D eigenvalue weighted by atomic mass is 16.7. The van der Waals surface area contributed by atoms with Crippen LogP contribution >= 0.6 is 0 Å². The van der Waals surface area contributed by atoms with E-state index in [2.05, 4.69) is 41.0 Å². The van der Waals surface area contributed by atoms with E-state index in [1.165, 1.54) is 6.33 Å². The number of carbonyl (C=O) groups is 2. The highest BCUT2D eigenvalue weighted by molar-refractivity contribution is 5.95. The van der Waals surface area contributed by atoms with Crippen LogP contribution < -0.4 is 10.6 Å². The summed E-state index contributed by atoms with van der Waals surface area (Å²) in [6.07, 6.45) is 8.71. The van der Waals surface area contributed by atoms with E-state index in [0.717, 1.165) is 18.4 Å². The number of ether oxygens (including phenoxy) is 2. The number of imidazole rings is 1. The maximum Gasteiger partial charge on any atom is 0.358 e. The molecule has 0 spiro atoms. The van der Waals surface area contributed by atoms with Crippen molar-refractivity contribution in [3.05, 3.63) is 66.0 Å². The van der Waals surface area contributed by atoms with Gasteiger partial charge in [0.2, 0.25) is 0 Å². The Labute approximate surface area is 240 Å². The van der Waals surface area contributed by atoms with Crippen molar-refractivity contribution in [1.82, 2.24) is 40.2 Å². The monoisotopic (exact) mass is 573 g/mol. The minimum Gasteiger partial charge on any atom is -0.476 e. The highest BCUT2D eigenvalue weighted by Crippen LogP contribution is 2.47. The molecule has 1 aliphatic carbocycles. The maximum absolute atomic E-state index is 12.2. The van der Waals surface area contributed by atoms with Crippen LogP contribution in [-0.4, -0.2) is 77.1 Å². The Bertz CT molecular complexity index is 1590. The van der Waals surface area contributed by atoms with E-state index in [9.17, 15) is 14.7 Å². The molecule has 0 bridgehead atoms. The number of benzene rings is 1. The molecule has 1 saturated carbocycles. The predicted octanol–water partition coefficient (Wildman–Crippen LogP) is 3.19. The van der Waals surface area contributed by atoms with Gasteiger partial charge in [-0.3, -0.25) is 5.32 Å². The van der Waals surface area contributed by atoms with Crippen molar-refractivity contribution in [2.24, 2.45) is 5.92 Å². The van der Waals surface area contributed by atoms with Crippen molar-refractivity contribution < 1.29 is 24.2 Å². The topological polar surface area (TPSA) is 182 Å². The number of aromatic nitrogens is 7. The Morgan fingerprint density at radius 1 is 1.14 bits per heavy atom. The molecule has 42 heavy (non-hydrogen) atoms. The number of amides is 2. The lowest BCUT2D eigenvalue weighted by atomic mass is 9.97. The molecule has 2 aliphatic rings. The van der Waals surface area contributed by atoms with E-state index in [-0.39, 0.29) is 35.9 Å². The van der Waals surface area contributed by atoms with Crippen molar-refractivity contribution in [3.8, 4) is 0 Å². The first-order valence-corrected chi connectivity index (χ1v) is 13.9. The van der Waals surface area contributed by atoms with Crippen LogP contribution in [0.5, 0.6) is 0 Å². The number of anilines is 1.